The molecule has 0 aliphatic carbocycles. The number of hydrogen-bond acceptors (Lipinski definition) is 3. The van der Waals surface area contributed by atoms with Gasteiger partial charge >= 0.3 is 5.89 Å². The number of aromatic nitrogens is 1. The average molecular weight is 512 g/mol. The Balaban J connectivity index is 1.51. The van der Waals surface area contributed by atoms with E-state index in [2.05, 4.69) is 40.1 Å². The summed E-state index contributed by atoms with van der Waals surface area (Å²) >= 11 is 18.7. The van der Waals surface area contributed by atoms with Crippen LogP contribution in [0, 0.1) is 0 Å². The Morgan fingerprint density at radius 3 is 2.32 bits per heavy atom. The second-order valence-electron chi connectivity index (χ2n) is 8.20. The summed E-state index contributed by atoms with van der Waals surface area (Å²) in [6, 6.07) is 20.2. The summed E-state index contributed by atoms with van der Waals surface area (Å²) in [5.41, 5.74) is 6.17. The van der Waals surface area contributed by atoms with Crippen molar-refractivity contribution < 1.29 is 8.98 Å². The van der Waals surface area contributed by atoms with E-state index >= 15 is 0 Å². The maximum Gasteiger partial charge on any atom is 0.373 e. The van der Waals surface area contributed by atoms with Crippen molar-refractivity contribution in [2.75, 3.05) is 16.8 Å². The number of hydrogen-bond donors (Lipinski definition) is 0. The Kier molecular flexibility index (Phi) is 6.30. The van der Waals surface area contributed by atoms with E-state index in [1.54, 1.807) is 0 Å². The quantitative estimate of drug-likeness (QED) is 0.207. The lowest BCUT2D eigenvalue weighted by molar-refractivity contribution is -0.652. The summed E-state index contributed by atoms with van der Waals surface area (Å²) < 4.78 is 8.04. The highest BCUT2D eigenvalue weighted by Crippen LogP contribution is 2.45. The van der Waals surface area contributed by atoms with Crippen LogP contribution in [0.25, 0.3) is 17.2 Å². The number of anilines is 2. The van der Waals surface area contributed by atoms with Crippen molar-refractivity contribution in [1.82, 2.24) is 0 Å². The number of oxazole rings is 1. The molecule has 7 heteroatoms. The Bertz CT molecular complexity index is 1420. The van der Waals surface area contributed by atoms with Gasteiger partial charge in [-0.25, -0.2) is 0 Å². The van der Waals surface area contributed by atoms with E-state index in [9.17, 15) is 0 Å². The van der Waals surface area contributed by atoms with Gasteiger partial charge in [0.25, 0.3) is 5.52 Å². The largest absolute Gasteiger partial charge is 0.398 e. The van der Waals surface area contributed by atoms with Crippen LogP contribution < -0.4 is 14.4 Å². The van der Waals surface area contributed by atoms with Crippen LogP contribution in [0.2, 0.25) is 10.0 Å². The van der Waals surface area contributed by atoms with Crippen LogP contribution in [-0.4, -0.2) is 7.05 Å². The zero-order chi connectivity index (χ0) is 23.8. The molecule has 0 fully saturated rings. The Hall–Kier alpha value is -2.92. The van der Waals surface area contributed by atoms with E-state index in [1.807, 2.05) is 67.2 Å². The highest BCUT2D eigenvalue weighted by Gasteiger charge is 2.30. The molecule has 4 nitrogen and oxygen atoms in total. The Labute approximate surface area is 213 Å². The molecule has 0 N–H and O–H groups in total. The maximum atomic E-state index is 6.40. The molecule has 1 aliphatic rings. The van der Waals surface area contributed by atoms with Crippen LogP contribution in [0.1, 0.15) is 17.0 Å². The molecular weight excluding hydrogens is 489 g/mol. The van der Waals surface area contributed by atoms with Crippen molar-refractivity contribution in [3.63, 3.8) is 0 Å². The number of benzene rings is 3. The molecule has 0 saturated carbocycles. The number of para-hydroxylation sites is 2. The molecule has 0 radical (unpaired) electrons. The van der Waals surface area contributed by atoms with Gasteiger partial charge in [0, 0.05) is 25.5 Å². The van der Waals surface area contributed by atoms with Crippen LogP contribution in [0.15, 0.2) is 83.1 Å². The van der Waals surface area contributed by atoms with Gasteiger partial charge in [-0.2, -0.15) is 4.57 Å². The summed E-state index contributed by atoms with van der Waals surface area (Å²) in [6.07, 6.45) is 6.04. The van der Waals surface area contributed by atoms with Crippen LogP contribution >= 0.6 is 34.8 Å². The molecule has 0 amide bonds. The summed E-state index contributed by atoms with van der Waals surface area (Å²) in [5.74, 6) is 2.27. The summed E-state index contributed by atoms with van der Waals surface area (Å²) in [5, 5.41) is 1.06. The molecule has 172 valence electrons. The van der Waals surface area contributed by atoms with Crippen molar-refractivity contribution in [3.05, 3.63) is 106 Å². The number of halogens is 3. The fraction of sp³-hybridized carbons (Fsp3) is 0.148. The topological polar surface area (TPSA) is 23.5 Å². The lowest BCUT2D eigenvalue weighted by Crippen LogP contribution is -2.29. The smallest absolute Gasteiger partial charge is 0.373 e. The van der Waals surface area contributed by atoms with E-state index in [1.165, 1.54) is 5.56 Å². The predicted octanol–water partition coefficient (Wildman–Crippen LogP) is 7.31. The first kappa shape index (κ1) is 22.9. The Morgan fingerprint density at radius 2 is 1.62 bits per heavy atom. The summed E-state index contributed by atoms with van der Waals surface area (Å²) in [7, 11) is 4.03. The molecule has 4 aromatic rings. The molecule has 2 heterocycles. The first-order valence-corrected chi connectivity index (χ1v) is 12.2. The van der Waals surface area contributed by atoms with Gasteiger partial charge < -0.3 is 14.2 Å². The molecule has 34 heavy (non-hydrogen) atoms. The second kappa shape index (κ2) is 9.38. The zero-order valence-corrected chi connectivity index (χ0v) is 21.1. The van der Waals surface area contributed by atoms with Crippen molar-refractivity contribution in [2.24, 2.45) is 7.05 Å². The van der Waals surface area contributed by atoms with E-state index in [0.29, 0.717) is 22.5 Å². The highest BCUT2D eigenvalue weighted by atomic mass is 35.5. The van der Waals surface area contributed by atoms with Crippen molar-refractivity contribution in [1.29, 1.82) is 0 Å². The van der Waals surface area contributed by atoms with Gasteiger partial charge in [0.2, 0.25) is 5.58 Å². The molecule has 1 aromatic heterocycles. The minimum atomic E-state index is 0.499. The third-order valence-electron chi connectivity index (χ3n) is 6.06. The van der Waals surface area contributed by atoms with Gasteiger partial charge in [0.1, 0.15) is 12.9 Å². The van der Waals surface area contributed by atoms with Crippen LogP contribution in [-0.2, 0) is 19.5 Å². The molecule has 5 rings (SSSR count). The fourth-order valence-corrected chi connectivity index (χ4v) is 4.70. The molecule has 1 aliphatic heterocycles. The number of allylic oxidation sites excluding steroid dienone is 2. The van der Waals surface area contributed by atoms with E-state index in [-0.39, 0.29) is 0 Å². The van der Waals surface area contributed by atoms with Gasteiger partial charge in [-0.3, -0.25) is 0 Å². The molecule has 0 bridgehead atoms. The van der Waals surface area contributed by atoms with Crippen molar-refractivity contribution in [3.8, 4) is 0 Å². The lowest BCUT2D eigenvalue weighted by Gasteiger charge is -2.23. The van der Waals surface area contributed by atoms with Gasteiger partial charge in [0.15, 0.2) is 0 Å². The monoisotopic (exact) mass is 510 g/mol. The molecule has 0 atom stereocenters. The number of fused-ring (bicyclic) bond motifs is 2. The van der Waals surface area contributed by atoms with Gasteiger partial charge in [-0.15, -0.1) is 11.6 Å². The summed E-state index contributed by atoms with van der Waals surface area (Å²) in [6.45, 7) is 0.677. The molecule has 0 saturated heterocycles. The van der Waals surface area contributed by atoms with E-state index in [4.69, 9.17) is 39.2 Å². The second-order valence-corrected chi connectivity index (χ2v) is 9.28. The van der Waals surface area contributed by atoms with Crippen molar-refractivity contribution >= 4 is 63.4 Å². The zero-order valence-electron chi connectivity index (χ0n) is 18.8. The Morgan fingerprint density at radius 1 is 0.941 bits per heavy atom. The minimum absolute atomic E-state index is 0.499. The number of aryl methyl sites for hydroxylation is 1. The van der Waals surface area contributed by atoms with Crippen molar-refractivity contribution in [2.45, 2.75) is 12.4 Å². The number of alkyl halides is 1. The first-order valence-electron chi connectivity index (χ1n) is 10.9. The molecular formula is C27H23Cl3N3O+. The van der Waals surface area contributed by atoms with Crippen LogP contribution in [0.4, 0.5) is 11.4 Å². The third-order valence-corrected chi connectivity index (χ3v) is 7.09. The lowest BCUT2D eigenvalue weighted by atomic mass is 10.1. The fourth-order valence-electron chi connectivity index (χ4n) is 4.21. The van der Waals surface area contributed by atoms with E-state index < -0.39 is 0 Å². The van der Waals surface area contributed by atoms with Crippen LogP contribution in [0.5, 0.6) is 0 Å². The molecule has 0 unspecified atom stereocenters. The van der Waals surface area contributed by atoms with E-state index in [0.717, 1.165) is 39.7 Å². The molecule has 3 aromatic carbocycles. The number of nitrogens with zero attached hydrogens (tertiary/aromatic N) is 3. The minimum Gasteiger partial charge on any atom is -0.398 e. The normalized spacial score (nSPS) is 14.7. The third kappa shape index (κ3) is 4.18. The maximum absolute atomic E-state index is 6.40. The summed E-state index contributed by atoms with van der Waals surface area (Å²) in [4.78, 5) is 4.35. The first-order chi connectivity index (χ1) is 16.5. The average Bonchev–Trinajstić information content (AvgIpc) is 3.29. The van der Waals surface area contributed by atoms with Gasteiger partial charge in [0.05, 0.1) is 27.5 Å². The standard InChI is InChI=1S/C27H23Cl3N3O/c1-31-23-14-20(29)21(30)15-24(23)33(17-19-12-10-18(16-28)11-13-19)26(31)8-5-9-27-32(2)22-6-3-4-7-25(22)34-27/h3-15H,16-17H2,1-2H3/q+1. The number of rotatable bonds is 5. The SMILES string of the molecule is CN1/C(=C\C=C\c2oc3ccccc3[n+]2C)N(Cc2ccc(CCl)cc2)c2cc(Cl)c(Cl)cc21. The molecule has 0 spiro atoms. The highest BCUT2D eigenvalue weighted by molar-refractivity contribution is 6.42. The van der Waals surface area contributed by atoms with Gasteiger partial charge in [-0.05, 0) is 41.5 Å². The van der Waals surface area contributed by atoms with Crippen LogP contribution in [0.3, 0.4) is 0 Å². The predicted molar refractivity (Wildman–Crippen MR) is 142 cm³/mol. The van der Waals surface area contributed by atoms with Gasteiger partial charge in [-0.1, -0.05) is 59.6 Å².